The predicted octanol–water partition coefficient (Wildman–Crippen LogP) is 11.7. The van der Waals surface area contributed by atoms with Crippen LogP contribution in [0.25, 0.3) is 38.8 Å². The summed E-state index contributed by atoms with van der Waals surface area (Å²) in [7, 11) is 0. The Balaban J connectivity index is 0.00000400. The van der Waals surface area contributed by atoms with Crippen molar-refractivity contribution in [2.45, 2.75) is 32.8 Å². The van der Waals surface area contributed by atoms with Crippen molar-refractivity contribution in [1.29, 1.82) is 0 Å². The summed E-state index contributed by atoms with van der Waals surface area (Å²) in [6.07, 6.45) is 1.91. The zero-order valence-corrected chi connectivity index (χ0v) is 32.0. The Morgan fingerprint density at radius 1 is 0.660 bits per heavy atom. The largest absolute Gasteiger partial charge is 0.517 e. The predicted molar refractivity (Wildman–Crippen MR) is 213 cm³/mol. The number of para-hydroxylation sites is 3. The summed E-state index contributed by atoms with van der Waals surface area (Å²) < 4.78 is 8.69. The second kappa shape index (κ2) is 14.1. The van der Waals surface area contributed by atoms with Gasteiger partial charge in [0.05, 0.1) is 6.61 Å². The van der Waals surface area contributed by atoms with Gasteiger partial charge >= 0.3 is 0 Å². The maximum atomic E-state index is 6.48. The Hall–Kier alpha value is -5.64. The number of anilines is 4. The first-order valence-electron chi connectivity index (χ1n) is 17.7. The van der Waals surface area contributed by atoms with E-state index in [1.165, 1.54) is 16.7 Å². The molecule has 5 nitrogen and oxygen atoms in total. The molecule has 0 saturated heterocycles. The van der Waals surface area contributed by atoms with Gasteiger partial charge in [-0.05, 0) is 70.0 Å². The summed E-state index contributed by atoms with van der Waals surface area (Å²) >= 11 is 0. The van der Waals surface area contributed by atoms with Crippen LogP contribution in [0, 0.1) is 18.8 Å². The molecule has 3 heterocycles. The standard InChI is InChI=1S/C47H37N4O.Pt/c1-47(2,3)36-25-26-48-46(29-36)51-42-24-21-35(34-14-6-4-7-15-34)28-41(42)40-23-22-39(30-45(40)51)52-31-33-13-12-18-38(27-33)50-32-49(37-16-8-5-9-17-37)43-19-10-11-20-44(43)50;/h4-26,28-29,32H,31H2,1-3H3;/q-3;. The van der Waals surface area contributed by atoms with Crippen molar-refractivity contribution in [3.8, 4) is 22.7 Å². The normalized spacial score (nSPS) is 12.6. The zero-order valence-electron chi connectivity index (χ0n) is 29.7. The summed E-state index contributed by atoms with van der Waals surface area (Å²) in [5.74, 6) is 1.53. The minimum absolute atomic E-state index is 0. The van der Waals surface area contributed by atoms with Crippen molar-refractivity contribution < 1.29 is 25.8 Å². The third kappa shape index (κ3) is 6.51. The van der Waals surface area contributed by atoms with Crippen LogP contribution in [0.2, 0.25) is 0 Å². The first-order valence-corrected chi connectivity index (χ1v) is 17.7. The summed E-state index contributed by atoms with van der Waals surface area (Å²) in [6.45, 7) is 9.17. The maximum Gasteiger partial charge on any atom is 0.135 e. The number of rotatable bonds is 7. The van der Waals surface area contributed by atoms with Gasteiger partial charge in [0.15, 0.2) is 0 Å². The van der Waals surface area contributed by atoms with Gasteiger partial charge in [0.1, 0.15) is 5.82 Å². The third-order valence-corrected chi connectivity index (χ3v) is 9.75. The molecule has 264 valence electrons. The van der Waals surface area contributed by atoms with Crippen LogP contribution in [0.5, 0.6) is 5.75 Å². The van der Waals surface area contributed by atoms with Crippen molar-refractivity contribution in [1.82, 2.24) is 9.55 Å². The topological polar surface area (TPSA) is 33.5 Å². The number of ether oxygens (including phenoxy) is 1. The zero-order chi connectivity index (χ0) is 35.2. The molecule has 1 aliphatic heterocycles. The Kier molecular flexibility index (Phi) is 9.14. The van der Waals surface area contributed by atoms with E-state index in [4.69, 9.17) is 9.72 Å². The van der Waals surface area contributed by atoms with Gasteiger partial charge in [-0.3, -0.25) is 0 Å². The molecule has 0 fully saturated rings. The van der Waals surface area contributed by atoms with Crippen molar-refractivity contribution >= 4 is 44.6 Å². The summed E-state index contributed by atoms with van der Waals surface area (Å²) in [4.78, 5) is 9.27. The molecule has 0 bridgehead atoms. The Morgan fingerprint density at radius 2 is 1.40 bits per heavy atom. The van der Waals surface area contributed by atoms with Gasteiger partial charge in [0.2, 0.25) is 0 Å². The van der Waals surface area contributed by atoms with Crippen LogP contribution in [-0.2, 0) is 33.1 Å². The van der Waals surface area contributed by atoms with Crippen molar-refractivity contribution in [2.24, 2.45) is 0 Å². The first-order chi connectivity index (χ1) is 25.4. The van der Waals surface area contributed by atoms with Crippen LogP contribution in [-0.4, -0.2) is 9.55 Å². The van der Waals surface area contributed by atoms with Gasteiger partial charge in [0.25, 0.3) is 0 Å². The molecule has 1 aliphatic rings. The van der Waals surface area contributed by atoms with E-state index < -0.39 is 0 Å². The van der Waals surface area contributed by atoms with Crippen LogP contribution >= 0.6 is 0 Å². The number of hydrogen-bond donors (Lipinski definition) is 0. The minimum atomic E-state index is -0.0192. The third-order valence-electron chi connectivity index (χ3n) is 9.75. The number of hydrogen-bond acceptors (Lipinski definition) is 4. The molecule has 0 amide bonds. The molecule has 0 atom stereocenters. The van der Waals surface area contributed by atoms with Gasteiger partial charge in [-0.15, -0.1) is 35.4 Å². The molecule has 0 aliphatic carbocycles. The van der Waals surface area contributed by atoms with E-state index in [2.05, 4.69) is 187 Å². The molecule has 0 saturated carbocycles. The van der Waals surface area contributed by atoms with E-state index >= 15 is 0 Å². The summed E-state index contributed by atoms with van der Waals surface area (Å²) in [5.41, 5.74) is 10.8. The Labute approximate surface area is 325 Å². The number of benzene rings is 6. The molecule has 0 N–H and O–H groups in total. The van der Waals surface area contributed by atoms with Crippen LogP contribution in [0.1, 0.15) is 31.9 Å². The minimum Gasteiger partial charge on any atom is -0.517 e. The van der Waals surface area contributed by atoms with Crippen LogP contribution in [0.3, 0.4) is 0 Å². The average Bonchev–Trinajstić information content (AvgIpc) is 3.73. The molecule has 6 heteroatoms. The van der Waals surface area contributed by atoms with Gasteiger partial charge < -0.3 is 19.1 Å². The second-order valence-electron chi connectivity index (χ2n) is 14.2. The molecule has 8 aromatic rings. The summed E-state index contributed by atoms with van der Waals surface area (Å²) in [6, 6.07) is 58.0. The molecular weight excluding hydrogens is 832 g/mol. The quantitative estimate of drug-likeness (QED) is 0.149. The van der Waals surface area contributed by atoms with E-state index in [1.54, 1.807) is 0 Å². The van der Waals surface area contributed by atoms with Crippen molar-refractivity contribution in [3.63, 3.8) is 0 Å². The Bertz CT molecular complexity index is 2560. The van der Waals surface area contributed by atoms with Gasteiger partial charge in [-0.1, -0.05) is 99.1 Å². The molecule has 9 rings (SSSR count). The van der Waals surface area contributed by atoms with E-state index in [9.17, 15) is 0 Å². The monoisotopic (exact) mass is 868 g/mol. The molecule has 2 aromatic heterocycles. The van der Waals surface area contributed by atoms with Gasteiger partial charge in [0, 0.05) is 55.6 Å². The van der Waals surface area contributed by atoms with Gasteiger partial charge in [-0.2, -0.15) is 30.3 Å². The fraction of sp³-hybridized carbons (Fsp3) is 0.106. The van der Waals surface area contributed by atoms with Crippen molar-refractivity contribution in [3.05, 3.63) is 182 Å². The second-order valence-corrected chi connectivity index (χ2v) is 14.2. The summed E-state index contributed by atoms with van der Waals surface area (Å²) in [5, 5.41) is 2.25. The van der Waals surface area contributed by atoms with Gasteiger partial charge in [-0.25, -0.2) is 4.98 Å². The van der Waals surface area contributed by atoms with Crippen LogP contribution in [0.4, 0.5) is 22.7 Å². The molecule has 6 aromatic carbocycles. The first kappa shape index (κ1) is 34.4. The van der Waals surface area contributed by atoms with E-state index in [1.807, 2.05) is 18.3 Å². The molecule has 0 spiro atoms. The molecular formula is C47H37N4OPt-3. The van der Waals surface area contributed by atoms with E-state index in [0.717, 1.165) is 55.9 Å². The number of aromatic nitrogens is 2. The number of fused-ring (bicyclic) bond motifs is 4. The molecule has 0 radical (unpaired) electrons. The fourth-order valence-electron chi connectivity index (χ4n) is 7.05. The maximum absolute atomic E-state index is 6.48. The van der Waals surface area contributed by atoms with Crippen LogP contribution in [0.15, 0.2) is 152 Å². The van der Waals surface area contributed by atoms with Crippen molar-refractivity contribution in [2.75, 3.05) is 9.80 Å². The SMILES string of the molecule is CC(C)(C)c1ccnc(-n2c3[c-]c(OCc4[c-]c(N5[CH-]N(c6ccccc6)c6ccccc65)ccc4)ccc3c3cc(-c4ccccc4)ccc32)c1.[Pt]. The fourth-order valence-corrected chi connectivity index (χ4v) is 7.05. The number of nitrogens with zero attached hydrogens (tertiary/aromatic N) is 4. The molecule has 53 heavy (non-hydrogen) atoms. The van der Waals surface area contributed by atoms with E-state index in [0.29, 0.717) is 12.4 Å². The smallest absolute Gasteiger partial charge is 0.135 e. The number of pyridine rings is 1. The van der Waals surface area contributed by atoms with Crippen LogP contribution < -0.4 is 14.5 Å². The Morgan fingerprint density at radius 3 is 2.17 bits per heavy atom. The average molecular weight is 869 g/mol. The molecule has 0 unspecified atom stereocenters. The van der Waals surface area contributed by atoms with E-state index in [-0.39, 0.29) is 26.5 Å².